The second-order valence-corrected chi connectivity index (χ2v) is 8.30. The van der Waals surface area contributed by atoms with Gasteiger partial charge in [-0.15, -0.1) is 0 Å². The van der Waals surface area contributed by atoms with Crippen LogP contribution >= 0.6 is 0 Å². The van der Waals surface area contributed by atoms with E-state index in [1.54, 1.807) is 38.1 Å². The van der Waals surface area contributed by atoms with E-state index in [4.69, 9.17) is 5.73 Å². The van der Waals surface area contributed by atoms with Gasteiger partial charge in [0.1, 0.15) is 18.1 Å². The van der Waals surface area contributed by atoms with Gasteiger partial charge in [-0.2, -0.15) is 0 Å². The maximum atomic E-state index is 12.6. The molecule has 0 saturated carbocycles. The highest BCUT2D eigenvalue weighted by Crippen LogP contribution is 2.07. The summed E-state index contributed by atoms with van der Waals surface area (Å²) in [6.07, 6.45) is -1.02. The number of carboxylic acid groups (broad SMARTS) is 1. The largest absolute Gasteiger partial charge is 0.480 e. The van der Waals surface area contributed by atoms with Crippen molar-refractivity contribution in [2.45, 2.75) is 63.9 Å². The van der Waals surface area contributed by atoms with Crippen molar-refractivity contribution in [3.05, 3.63) is 35.9 Å². The van der Waals surface area contributed by atoms with Crippen molar-refractivity contribution in [1.82, 2.24) is 16.0 Å². The molecule has 1 aromatic carbocycles. The Morgan fingerprint density at radius 1 is 0.909 bits per heavy atom. The number of carbonyl (C=O) groups is 4. The van der Waals surface area contributed by atoms with E-state index in [9.17, 15) is 34.5 Å². The first-order chi connectivity index (χ1) is 15.5. The lowest BCUT2D eigenvalue weighted by molar-refractivity contribution is -0.143. The zero-order chi connectivity index (χ0) is 25.1. The number of nitrogens with two attached hydrogens (primary N) is 1. The third kappa shape index (κ3) is 9.56. The molecule has 3 amide bonds. The number of benzene rings is 1. The van der Waals surface area contributed by atoms with Gasteiger partial charge in [0.15, 0.2) is 0 Å². The van der Waals surface area contributed by atoms with Crippen molar-refractivity contribution >= 4 is 23.7 Å². The molecule has 8 N–H and O–H groups in total. The fourth-order valence-electron chi connectivity index (χ4n) is 3.05. The maximum Gasteiger partial charge on any atom is 0.326 e. The smallest absolute Gasteiger partial charge is 0.326 e. The summed E-state index contributed by atoms with van der Waals surface area (Å²) < 4.78 is 0. The molecule has 33 heavy (non-hydrogen) atoms. The second kappa shape index (κ2) is 13.5. The fraction of sp³-hybridized carbons (Fsp3) is 0.545. The molecule has 184 valence electrons. The number of carboxylic acids is 1. The molecule has 5 atom stereocenters. The Labute approximate surface area is 192 Å². The van der Waals surface area contributed by atoms with Crippen molar-refractivity contribution in [3.63, 3.8) is 0 Å². The Hall–Kier alpha value is -3.02. The van der Waals surface area contributed by atoms with E-state index in [1.165, 1.54) is 6.92 Å². The molecule has 0 aliphatic heterocycles. The van der Waals surface area contributed by atoms with Crippen LogP contribution in [0, 0.1) is 5.92 Å². The van der Waals surface area contributed by atoms with Crippen LogP contribution in [0.4, 0.5) is 0 Å². The van der Waals surface area contributed by atoms with Crippen molar-refractivity contribution in [2.24, 2.45) is 11.7 Å². The molecular weight excluding hydrogens is 432 g/mol. The van der Waals surface area contributed by atoms with Gasteiger partial charge in [-0.3, -0.25) is 14.4 Å². The Balaban J connectivity index is 2.79. The van der Waals surface area contributed by atoms with Crippen LogP contribution in [0.3, 0.4) is 0 Å². The molecule has 0 aliphatic rings. The average molecular weight is 467 g/mol. The minimum atomic E-state index is -1.50. The van der Waals surface area contributed by atoms with Crippen LogP contribution in [0.25, 0.3) is 0 Å². The summed E-state index contributed by atoms with van der Waals surface area (Å²) in [6, 6.07) is 3.85. The molecule has 11 heteroatoms. The summed E-state index contributed by atoms with van der Waals surface area (Å²) in [7, 11) is 0. The minimum absolute atomic E-state index is 0.0277. The molecule has 0 spiro atoms. The van der Waals surface area contributed by atoms with Gasteiger partial charge in [0.2, 0.25) is 17.7 Å². The first kappa shape index (κ1) is 28.0. The molecule has 0 aliphatic carbocycles. The number of hydrogen-bond acceptors (Lipinski definition) is 7. The van der Waals surface area contributed by atoms with Crippen LogP contribution in [0.1, 0.15) is 32.8 Å². The maximum absolute atomic E-state index is 12.6. The van der Waals surface area contributed by atoms with E-state index in [1.807, 2.05) is 6.07 Å². The lowest BCUT2D eigenvalue weighted by atomic mass is 10.0. The Bertz CT molecular complexity index is 801. The molecule has 11 nitrogen and oxygen atoms in total. The SMILES string of the molecule is CC(C)CC(NC(=O)C(NC(=O)C(CO)NC(=O)C(N)Cc1ccccc1)C(C)O)C(=O)O. The highest BCUT2D eigenvalue weighted by molar-refractivity contribution is 5.94. The zero-order valence-corrected chi connectivity index (χ0v) is 19.0. The third-order valence-electron chi connectivity index (χ3n) is 4.84. The number of aliphatic hydroxyl groups is 2. The molecule has 5 unspecified atom stereocenters. The number of aliphatic hydroxyl groups excluding tert-OH is 2. The van der Waals surface area contributed by atoms with Gasteiger partial charge in [0.05, 0.1) is 18.8 Å². The number of nitrogens with one attached hydrogen (secondary N) is 3. The summed E-state index contributed by atoms with van der Waals surface area (Å²) in [4.78, 5) is 48.9. The molecule has 0 aromatic heterocycles. The summed E-state index contributed by atoms with van der Waals surface area (Å²) in [5, 5.41) is 35.7. The van der Waals surface area contributed by atoms with Gasteiger partial charge < -0.3 is 37.0 Å². The first-order valence-electron chi connectivity index (χ1n) is 10.7. The molecule has 0 saturated heterocycles. The summed E-state index contributed by atoms with van der Waals surface area (Å²) in [5.74, 6) is -3.81. The van der Waals surface area contributed by atoms with Crippen LogP contribution in [0.2, 0.25) is 0 Å². The predicted molar refractivity (Wildman–Crippen MR) is 120 cm³/mol. The van der Waals surface area contributed by atoms with Crippen LogP contribution in [0.15, 0.2) is 30.3 Å². The van der Waals surface area contributed by atoms with E-state index < -0.39 is 60.6 Å². The van der Waals surface area contributed by atoms with Gasteiger partial charge >= 0.3 is 5.97 Å². The Morgan fingerprint density at radius 2 is 1.48 bits per heavy atom. The van der Waals surface area contributed by atoms with Crippen LogP contribution < -0.4 is 21.7 Å². The van der Waals surface area contributed by atoms with E-state index >= 15 is 0 Å². The molecule has 1 rings (SSSR count). The lowest BCUT2D eigenvalue weighted by Crippen LogP contribution is -2.60. The standard InChI is InChI=1S/C22H34N4O7/c1-12(2)9-16(22(32)33)24-21(31)18(13(3)28)26-20(30)17(11-27)25-19(29)15(23)10-14-7-5-4-6-8-14/h4-8,12-13,15-18,27-28H,9-11,23H2,1-3H3,(H,24,31)(H,25,29)(H,26,30)(H,32,33). The van der Waals surface area contributed by atoms with E-state index in [0.717, 1.165) is 5.56 Å². The molecular formula is C22H34N4O7. The van der Waals surface area contributed by atoms with E-state index in [-0.39, 0.29) is 18.8 Å². The molecule has 1 aromatic rings. The second-order valence-electron chi connectivity index (χ2n) is 8.30. The number of rotatable bonds is 13. The topological polar surface area (TPSA) is 191 Å². The van der Waals surface area contributed by atoms with Crippen LogP contribution in [0.5, 0.6) is 0 Å². The number of aliphatic carboxylic acids is 1. The van der Waals surface area contributed by atoms with Gasteiger partial charge in [-0.25, -0.2) is 4.79 Å². The quantitative estimate of drug-likeness (QED) is 0.183. The van der Waals surface area contributed by atoms with Crippen molar-refractivity contribution in [1.29, 1.82) is 0 Å². The first-order valence-corrected chi connectivity index (χ1v) is 10.7. The zero-order valence-electron chi connectivity index (χ0n) is 19.0. The van der Waals surface area contributed by atoms with Crippen molar-refractivity contribution < 1.29 is 34.5 Å². The van der Waals surface area contributed by atoms with E-state index in [0.29, 0.717) is 0 Å². The van der Waals surface area contributed by atoms with Gasteiger partial charge in [0, 0.05) is 0 Å². The lowest BCUT2D eigenvalue weighted by Gasteiger charge is -2.26. The van der Waals surface area contributed by atoms with Gasteiger partial charge in [0.25, 0.3) is 0 Å². The Morgan fingerprint density at radius 3 is 1.97 bits per heavy atom. The Kier molecular flexibility index (Phi) is 11.5. The summed E-state index contributed by atoms with van der Waals surface area (Å²) in [5.41, 5.74) is 6.70. The van der Waals surface area contributed by atoms with Gasteiger partial charge in [-0.05, 0) is 31.2 Å². The number of hydrogen-bond donors (Lipinski definition) is 7. The van der Waals surface area contributed by atoms with Crippen LogP contribution in [-0.4, -0.2) is 75.9 Å². The van der Waals surface area contributed by atoms with Gasteiger partial charge in [-0.1, -0.05) is 44.2 Å². The number of carbonyl (C=O) groups excluding carboxylic acids is 3. The highest BCUT2D eigenvalue weighted by atomic mass is 16.4. The summed E-state index contributed by atoms with van der Waals surface area (Å²) >= 11 is 0. The average Bonchev–Trinajstić information content (AvgIpc) is 2.74. The number of amides is 3. The molecule has 0 heterocycles. The van der Waals surface area contributed by atoms with Crippen molar-refractivity contribution in [3.8, 4) is 0 Å². The molecule has 0 fully saturated rings. The van der Waals surface area contributed by atoms with Crippen molar-refractivity contribution in [2.75, 3.05) is 6.61 Å². The highest BCUT2D eigenvalue weighted by Gasteiger charge is 2.32. The fourth-order valence-corrected chi connectivity index (χ4v) is 3.05. The minimum Gasteiger partial charge on any atom is -0.480 e. The molecule has 0 radical (unpaired) electrons. The molecule has 0 bridgehead atoms. The predicted octanol–water partition coefficient (Wildman–Crippen LogP) is -1.49. The third-order valence-corrected chi connectivity index (χ3v) is 4.84. The normalized spacial score (nSPS) is 15.6. The van der Waals surface area contributed by atoms with Crippen LogP contribution in [-0.2, 0) is 25.6 Å². The van der Waals surface area contributed by atoms with E-state index in [2.05, 4.69) is 16.0 Å². The monoisotopic (exact) mass is 466 g/mol. The summed E-state index contributed by atoms with van der Waals surface area (Å²) in [6.45, 7) is 4.03.